The Morgan fingerprint density at radius 2 is 1.75 bits per heavy atom. The second kappa shape index (κ2) is 4.36. The largest absolute Gasteiger partial charge is 0.102 e. The van der Waals surface area contributed by atoms with E-state index < -0.39 is 0 Å². The summed E-state index contributed by atoms with van der Waals surface area (Å²) >= 11 is 0. The van der Waals surface area contributed by atoms with Crippen molar-refractivity contribution in [3.63, 3.8) is 0 Å². The highest BCUT2D eigenvalue weighted by Gasteiger charge is 2.23. The fourth-order valence-electron chi connectivity index (χ4n) is 2.01. The van der Waals surface area contributed by atoms with E-state index in [4.69, 9.17) is 0 Å². The lowest BCUT2D eigenvalue weighted by Gasteiger charge is -2.27. The highest BCUT2D eigenvalue weighted by Crippen LogP contribution is 2.37. The van der Waals surface area contributed by atoms with Gasteiger partial charge in [-0.05, 0) is 17.6 Å². The van der Waals surface area contributed by atoms with Gasteiger partial charge in [-0.3, -0.25) is 0 Å². The first kappa shape index (κ1) is 10.7. The molecule has 16 heavy (non-hydrogen) atoms. The molecule has 2 rings (SSSR count). The van der Waals surface area contributed by atoms with Crippen molar-refractivity contribution in [2.24, 2.45) is 5.41 Å². The summed E-state index contributed by atoms with van der Waals surface area (Å²) in [6.45, 7) is 7.81. The molecule has 1 aromatic carbocycles. The Hall–Kier alpha value is -1.82. The quantitative estimate of drug-likeness (QED) is 0.646. The van der Waals surface area contributed by atoms with Gasteiger partial charge in [0.05, 0.1) is 0 Å². The van der Waals surface area contributed by atoms with Crippen LogP contribution >= 0.6 is 0 Å². The van der Waals surface area contributed by atoms with E-state index in [9.17, 15) is 0 Å². The Morgan fingerprint density at radius 1 is 1.06 bits per heavy atom. The van der Waals surface area contributed by atoms with Crippen LogP contribution in [0, 0.1) is 5.41 Å². The molecule has 0 atom stereocenters. The van der Waals surface area contributed by atoms with Gasteiger partial charge in [-0.25, -0.2) is 0 Å². The minimum atomic E-state index is -0.0834. The van der Waals surface area contributed by atoms with E-state index in [-0.39, 0.29) is 5.41 Å². The SMILES string of the molecule is C=CC1(C=C)C=CC=C(c2ccccc2)C1. The summed E-state index contributed by atoms with van der Waals surface area (Å²) in [7, 11) is 0. The van der Waals surface area contributed by atoms with Gasteiger partial charge >= 0.3 is 0 Å². The topological polar surface area (TPSA) is 0 Å². The third-order valence-electron chi connectivity index (χ3n) is 3.11. The van der Waals surface area contributed by atoms with E-state index in [0.717, 1.165) is 6.42 Å². The van der Waals surface area contributed by atoms with Gasteiger partial charge in [-0.1, -0.05) is 60.7 Å². The minimum Gasteiger partial charge on any atom is -0.102 e. The van der Waals surface area contributed by atoms with Gasteiger partial charge in [-0.15, -0.1) is 13.2 Å². The molecule has 80 valence electrons. The molecule has 0 aliphatic heterocycles. The average molecular weight is 208 g/mol. The lowest BCUT2D eigenvalue weighted by Crippen LogP contribution is -2.13. The maximum Gasteiger partial charge on any atom is 0.0280 e. The molecule has 0 bridgehead atoms. The van der Waals surface area contributed by atoms with Gasteiger partial charge in [-0.2, -0.15) is 0 Å². The summed E-state index contributed by atoms with van der Waals surface area (Å²) in [4.78, 5) is 0. The summed E-state index contributed by atoms with van der Waals surface area (Å²) in [5.41, 5.74) is 2.53. The minimum absolute atomic E-state index is 0.0834. The fourth-order valence-corrected chi connectivity index (χ4v) is 2.01. The van der Waals surface area contributed by atoms with Gasteiger partial charge in [0, 0.05) is 5.41 Å². The van der Waals surface area contributed by atoms with Crippen molar-refractivity contribution >= 4 is 5.57 Å². The Bertz CT molecular complexity index is 438. The van der Waals surface area contributed by atoms with Gasteiger partial charge in [0.15, 0.2) is 0 Å². The number of rotatable bonds is 3. The normalized spacial score (nSPS) is 17.6. The molecule has 0 saturated carbocycles. The van der Waals surface area contributed by atoms with Crippen LogP contribution < -0.4 is 0 Å². The molecular weight excluding hydrogens is 192 g/mol. The Kier molecular flexibility index (Phi) is 2.91. The van der Waals surface area contributed by atoms with E-state index in [0.29, 0.717) is 0 Å². The van der Waals surface area contributed by atoms with Crippen molar-refractivity contribution in [3.05, 3.63) is 79.4 Å². The van der Waals surface area contributed by atoms with Crippen LogP contribution in [0.15, 0.2) is 73.9 Å². The molecule has 0 amide bonds. The lowest BCUT2D eigenvalue weighted by molar-refractivity contribution is 0.649. The van der Waals surface area contributed by atoms with Crippen molar-refractivity contribution in [1.29, 1.82) is 0 Å². The van der Waals surface area contributed by atoms with Crippen LogP contribution in [0.3, 0.4) is 0 Å². The maximum absolute atomic E-state index is 3.91. The lowest BCUT2D eigenvalue weighted by atomic mass is 9.77. The fraction of sp³-hybridized carbons (Fsp3) is 0.125. The highest BCUT2D eigenvalue weighted by molar-refractivity contribution is 5.70. The molecule has 0 aromatic heterocycles. The third kappa shape index (κ3) is 1.92. The highest BCUT2D eigenvalue weighted by atomic mass is 14.3. The standard InChI is InChI=1S/C16H16/c1-3-16(4-2)12-8-11-15(13-16)14-9-6-5-7-10-14/h3-12H,1-2,13H2. The molecule has 0 unspecified atom stereocenters. The summed E-state index contributed by atoms with van der Waals surface area (Å²) in [6.07, 6.45) is 11.3. The molecule has 0 spiro atoms. The maximum atomic E-state index is 3.91. The average Bonchev–Trinajstić information content (AvgIpc) is 2.40. The smallest absolute Gasteiger partial charge is 0.0280 e. The van der Waals surface area contributed by atoms with E-state index in [1.165, 1.54) is 11.1 Å². The van der Waals surface area contributed by atoms with Crippen molar-refractivity contribution in [1.82, 2.24) is 0 Å². The van der Waals surface area contributed by atoms with E-state index in [2.05, 4.69) is 55.7 Å². The van der Waals surface area contributed by atoms with E-state index >= 15 is 0 Å². The van der Waals surface area contributed by atoms with E-state index in [1.54, 1.807) is 0 Å². The first-order chi connectivity index (χ1) is 7.79. The first-order valence-corrected chi connectivity index (χ1v) is 5.51. The van der Waals surface area contributed by atoms with Crippen LogP contribution in [0.1, 0.15) is 12.0 Å². The van der Waals surface area contributed by atoms with Gasteiger partial charge < -0.3 is 0 Å². The predicted molar refractivity (Wildman–Crippen MR) is 71.0 cm³/mol. The number of hydrogen-bond donors (Lipinski definition) is 0. The Balaban J connectivity index is 2.33. The molecule has 1 aromatic rings. The van der Waals surface area contributed by atoms with Gasteiger partial charge in [0.25, 0.3) is 0 Å². The van der Waals surface area contributed by atoms with E-state index in [1.807, 2.05) is 18.2 Å². The summed E-state index contributed by atoms with van der Waals surface area (Å²) in [5, 5.41) is 0. The zero-order valence-corrected chi connectivity index (χ0v) is 9.39. The third-order valence-corrected chi connectivity index (χ3v) is 3.11. The molecule has 1 aliphatic rings. The van der Waals surface area contributed by atoms with Crippen molar-refractivity contribution < 1.29 is 0 Å². The van der Waals surface area contributed by atoms with Crippen LogP contribution in [0.2, 0.25) is 0 Å². The number of benzene rings is 1. The second-order valence-electron chi connectivity index (χ2n) is 4.11. The summed E-state index contributed by atoms with van der Waals surface area (Å²) in [5.74, 6) is 0. The molecule has 0 radical (unpaired) electrons. The van der Waals surface area contributed by atoms with Gasteiger partial charge in [0.1, 0.15) is 0 Å². The number of allylic oxidation sites excluding steroid dienone is 6. The molecule has 0 fully saturated rings. The Labute approximate surface area is 97.3 Å². The van der Waals surface area contributed by atoms with Crippen molar-refractivity contribution in [3.8, 4) is 0 Å². The Morgan fingerprint density at radius 3 is 2.38 bits per heavy atom. The zero-order valence-electron chi connectivity index (χ0n) is 9.39. The van der Waals surface area contributed by atoms with Crippen LogP contribution in [-0.4, -0.2) is 0 Å². The molecule has 1 aliphatic carbocycles. The van der Waals surface area contributed by atoms with Crippen LogP contribution in [-0.2, 0) is 0 Å². The van der Waals surface area contributed by atoms with Crippen molar-refractivity contribution in [2.75, 3.05) is 0 Å². The molecule has 0 nitrogen and oxygen atoms in total. The molecular formula is C16H16. The predicted octanol–water partition coefficient (Wildman–Crippen LogP) is 4.39. The van der Waals surface area contributed by atoms with Gasteiger partial charge in [0.2, 0.25) is 0 Å². The zero-order chi connectivity index (χ0) is 11.4. The molecule has 0 saturated heterocycles. The number of hydrogen-bond acceptors (Lipinski definition) is 0. The van der Waals surface area contributed by atoms with Crippen LogP contribution in [0.25, 0.3) is 5.57 Å². The second-order valence-corrected chi connectivity index (χ2v) is 4.11. The summed E-state index contributed by atoms with van der Waals surface area (Å²) in [6, 6.07) is 10.5. The van der Waals surface area contributed by atoms with Crippen LogP contribution in [0.4, 0.5) is 0 Å². The van der Waals surface area contributed by atoms with Crippen molar-refractivity contribution in [2.45, 2.75) is 6.42 Å². The first-order valence-electron chi connectivity index (χ1n) is 5.51. The molecule has 0 heterocycles. The molecule has 0 N–H and O–H groups in total. The summed E-state index contributed by atoms with van der Waals surface area (Å²) < 4.78 is 0. The molecule has 0 heteroatoms. The van der Waals surface area contributed by atoms with Crippen LogP contribution in [0.5, 0.6) is 0 Å². The monoisotopic (exact) mass is 208 g/mol.